The molecule has 0 saturated carbocycles. The van der Waals surface area contributed by atoms with Crippen LogP contribution in [-0.4, -0.2) is 50.2 Å². The zero-order valence-electron chi connectivity index (χ0n) is 22.8. The van der Waals surface area contributed by atoms with E-state index in [2.05, 4.69) is 54.9 Å². The highest BCUT2D eigenvalue weighted by molar-refractivity contribution is 7.89. The third-order valence-electron chi connectivity index (χ3n) is 7.44. The van der Waals surface area contributed by atoms with Gasteiger partial charge >= 0.3 is 0 Å². The second-order valence-corrected chi connectivity index (χ2v) is 12.8. The lowest BCUT2D eigenvalue weighted by Crippen LogP contribution is -2.58. The van der Waals surface area contributed by atoms with Gasteiger partial charge in [-0.15, -0.1) is 0 Å². The first-order valence-electron chi connectivity index (χ1n) is 13.6. The Morgan fingerprint density at radius 1 is 1.13 bits per heavy atom. The van der Waals surface area contributed by atoms with Crippen LogP contribution in [0.3, 0.4) is 0 Å². The molecule has 1 fully saturated rings. The van der Waals surface area contributed by atoms with E-state index < -0.39 is 22.0 Å². The van der Waals surface area contributed by atoms with Crippen LogP contribution in [0.25, 0.3) is 0 Å². The zero-order chi connectivity index (χ0) is 27.4. The van der Waals surface area contributed by atoms with Gasteiger partial charge in [-0.1, -0.05) is 49.7 Å². The summed E-state index contributed by atoms with van der Waals surface area (Å²) >= 11 is 0. The van der Waals surface area contributed by atoms with Crippen molar-refractivity contribution in [1.29, 1.82) is 0 Å². The molecule has 2 aliphatic rings. The molecule has 8 nitrogen and oxygen atoms in total. The van der Waals surface area contributed by atoms with Crippen LogP contribution < -0.4 is 16.0 Å². The molecular formula is C29H40N4O4S. The van der Waals surface area contributed by atoms with Gasteiger partial charge in [0.05, 0.1) is 17.4 Å². The van der Waals surface area contributed by atoms with Crippen molar-refractivity contribution in [3.05, 3.63) is 64.7 Å². The van der Waals surface area contributed by atoms with Crippen LogP contribution in [-0.2, 0) is 26.0 Å². The number of nitrogens with zero attached hydrogens (tertiary/aromatic N) is 1. The predicted octanol–water partition coefficient (Wildman–Crippen LogP) is 3.37. The Labute approximate surface area is 226 Å². The number of carbonyl (C=O) groups is 2. The molecular weight excluding hydrogens is 500 g/mol. The van der Waals surface area contributed by atoms with Crippen LogP contribution in [0, 0.1) is 12.8 Å². The van der Waals surface area contributed by atoms with Gasteiger partial charge in [-0.25, -0.2) is 8.42 Å². The van der Waals surface area contributed by atoms with E-state index in [0.29, 0.717) is 5.92 Å². The van der Waals surface area contributed by atoms with Crippen molar-refractivity contribution in [3.8, 4) is 0 Å². The zero-order valence-corrected chi connectivity index (χ0v) is 23.6. The Morgan fingerprint density at radius 2 is 1.87 bits per heavy atom. The fourth-order valence-corrected chi connectivity index (χ4v) is 6.82. The molecule has 0 spiro atoms. The van der Waals surface area contributed by atoms with E-state index in [1.807, 2.05) is 6.92 Å². The van der Waals surface area contributed by atoms with Crippen molar-refractivity contribution < 1.29 is 18.0 Å². The monoisotopic (exact) mass is 540 g/mol. The van der Waals surface area contributed by atoms with E-state index >= 15 is 0 Å². The van der Waals surface area contributed by atoms with Gasteiger partial charge in [-0.3, -0.25) is 9.59 Å². The second-order valence-electron chi connectivity index (χ2n) is 10.9. The molecule has 9 heteroatoms. The molecule has 0 bridgehead atoms. The Balaban J connectivity index is 1.47. The SMILES string of the molecule is Cc1ccc(S(=O)(=O)N2CCNC(=O)C2CC(=O)N[C@@H]2CCCc3cc([C@H](C)NCC(C)C)ccc32)cc1. The maximum absolute atomic E-state index is 13.4. The molecule has 1 aliphatic heterocycles. The molecule has 2 aromatic carbocycles. The molecule has 2 aromatic rings. The number of benzene rings is 2. The largest absolute Gasteiger partial charge is 0.353 e. The smallest absolute Gasteiger partial charge is 0.243 e. The minimum Gasteiger partial charge on any atom is -0.353 e. The Kier molecular flexibility index (Phi) is 8.90. The number of hydrogen-bond donors (Lipinski definition) is 3. The lowest BCUT2D eigenvalue weighted by molar-refractivity contribution is -0.132. The quantitative estimate of drug-likeness (QED) is 0.452. The average Bonchev–Trinajstić information content (AvgIpc) is 2.88. The fraction of sp³-hybridized carbons (Fsp3) is 0.517. The summed E-state index contributed by atoms with van der Waals surface area (Å²) < 4.78 is 27.9. The molecule has 0 aromatic heterocycles. The first kappa shape index (κ1) is 28.3. The Bertz CT molecular complexity index is 1260. The summed E-state index contributed by atoms with van der Waals surface area (Å²) in [5.41, 5.74) is 4.50. The summed E-state index contributed by atoms with van der Waals surface area (Å²) in [5.74, 6) is -0.201. The number of aryl methyl sites for hydroxylation is 2. The Morgan fingerprint density at radius 3 is 2.58 bits per heavy atom. The van der Waals surface area contributed by atoms with Gasteiger partial charge in [0.2, 0.25) is 21.8 Å². The first-order chi connectivity index (χ1) is 18.1. The normalized spacial score (nSPS) is 21.0. The molecule has 4 rings (SSSR count). The lowest BCUT2D eigenvalue weighted by Gasteiger charge is -2.34. The number of sulfonamides is 1. The minimum absolute atomic E-state index is 0.123. The highest BCUT2D eigenvalue weighted by Gasteiger charge is 2.40. The highest BCUT2D eigenvalue weighted by Crippen LogP contribution is 2.32. The van der Waals surface area contributed by atoms with E-state index in [-0.39, 0.29) is 42.4 Å². The number of fused-ring (bicyclic) bond motifs is 1. The van der Waals surface area contributed by atoms with Gasteiger partial charge in [0, 0.05) is 19.1 Å². The molecule has 1 saturated heterocycles. The summed E-state index contributed by atoms with van der Waals surface area (Å²) in [7, 11) is -3.92. The van der Waals surface area contributed by atoms with Crippen molar-refractivity contribution in [2.45, 2.75) is 76.4 Å². The third-order valence-corrected chi connectivity index (χ3v) is 9.36. The van der Waals surface area contributed by atoms with E-state index in [1.165, 1.54) is 15.4 Å². The van der Waals surface area contributed by atoms with Crippen molar-refractivity contribution in [3.63, 3.8) is 0 Å². The molecule has 1 heterocycles. The second kappa shape index (κ2) is 12.0. The summed E-state index contributed by atoms with van der Waals surface area (Å²) in [6, 6.07) is 12.0. The van der Waals surface area contributed by atoms with Gasteiger partial charge < -0.3 is 16.0 Å². The van der Waals surface area contributed by atoms with Crippen LogP contribution in [0.5, 0.6) is 0 Å². The van der Waals surface area contributed by atoms with Crippen molar-refractivity contribution in [2.75, 3.05) is 19.6 Å². The highest BCUT2D eigenvalue weighted by atomic mass is 32.2. The lowest BCUT2D eigenvalue weighted by atomic mass is 9.85. The summed E-state index contributed by atoms with van der Waals surface area (Å²) in [5, 5.41) is 9.38. The first-order valence-corrected chi connectivity index (χ1v) is 15.0. The minimum atomic E-state index is -3.92. The summed E-state index contributed by atoms with van der Waals surface area (Å²) in [6.07, 6.45) is 2.49. The van der Waals surface area contributed by atoms with Crippen LogP contribution >= 0.6 is 0 Å². The topological polar surface area (TPSA) is 108 Å². The van der Waals surface area contributed by atoms with Crippen LogP contribution in [0.15, 0.2) is 47.4 Å². The number of nitrogens with one attached hydrogen (secondary N) is 3. The molecule has 3 N–H and O–H groups in total. The van der Waals surface area contributed by atoms with E-state index in [0.717, 1.165) is 36.9 Å². The Hall–Kier alpha value is -2.75. The molecule has 0 radical (unpaired) electrons. The molecule has 206 valence electrons. The molecule has 3 atom stereocenters. The summed E-state index contributed by atoms with van der Waals surface area (Å²) in [6.45, 7) is 9.71. The van der Waals surface area contributed by atoms with Crippen molar-refractivity contribution in [2.24, 2.45) is 5.92 Å². The van der Waals surface area contributed by atoms with E-state index in [9.17, 15) is 18.0 Å². The summed E-state index contributed by atoms with van der Waals surface area (Å²) in [4.78, 5) is 26.1. The maximum Gasteiger partial charge on any atom is 0.243 e. The fourth-order valence-electron chi connectivity index (χ4n) is 5.23. The predicted molar refractivity (Wildman–Crippen MR) is 148 cm³/mol. The number of rotatable bonds is 9. The van der Waals surface area contributed by atoms with Gasteiger partial charge in [-0.2, -0.15) is 4.31 Å². The van der Waals surface area contributed by atoms with Gasteiger partial charge in [0.1, 0.15) is 6.04 Å². The molecule has 1 unspecified atom stereocenters. The molecule has 1 aliphatic carbocycles. The van der Waals surface area contributed by atoms with Crippen LogP contribution in [0.1, 0.15) is 74.4 Å². The number of amides is 2. The number of piperazine rings is 1. The van der Waals surface area contributed by atoms with Crippen molar-refractivity contribution in [1.82, 2.24) is 20.3 Å². The van der Waals surface area contributed by atoms with Gasteiger partial charge in [0.15, 0.2) is 0 Å². The van der Waals surface area contributed by atoms with Crippen LogP contribution in [0.2, 0.25) is 0 Å². The van der Waals surface area contributed by atoms with E-state index in [4.69, 9.17) is 0 Å². The van der Waals surface area contributed by atoms with Crippen molar-refractivity contribution >= 4 is 21.8 Å². The number of carbonyl (C=O) groups excluding carboxylic acids is 2. The number of hydrogen-bond acceptors (Lipinski definition) is 5. The van der Waals surface area contributed by atoms with Gasteiger partial charge in [0.25, 0.3) is 0 Å². The molecule has 2 amide bonds. The van der Waals surface area contributed by atoms with E-state index in [1.54, 1.807) is 24.3 Å². The average molecular weight is 541 g/mol. The van der Waals surface area contributed by atoms with Gasteiger partial charge in [-0.05, 0) is 74.4 Å². The third kappa shape index (κ3) is 6.45. The van der Waals surface area contributed by atoms with Crippen LogP contribution in [0.4, 0.5) is 0 Å². The standard InChI is InChI=1S/C29H40N4O4S/c1-19(2)18-31-21(4)22-10-13-25-23(16-22)6-5-7-26(25)32-28(34)17-27-29(35)30-14-15-33(27)38(36,37)24-11-8-20(3)9-12-24/h8-13,16,19,21,26-27,31H,5-7,14-15,17-18H2,1-4H3,(H,30,35)(H,32,34)/t21-,26+,27?/m0/s1. The maximum atomic E-state index is 13.4. The molecule has 38 heavy (non-hydrogen) atoms.